The highest BCUT2D eigenvalue weighted by Crippen LogP contribution is 2.40. The van der Waals surface area contributed by atoms with Gasteiger partial charge in [-0.15, -0.1) is 13.2 Å². The van der Waals surface area contributed by atoms with Crippen LogP contribution in [0.5, 0.6) is 5.75 Å². The van der Waals surface area contributed by atoms with Crippen molar-refractivity contribution in [1.82, 2.24) is 9.97 Å². The third-order valence-electron chi connectivity index (χ3n) is 9.10. The lowest BCUT2D eigenvalue weighted by molar-refractivity contribution is -0.274. The number of fused-ring (bicyclic) bond motifs is 3. The fourth-order valence-corrected chi connectivity index (χ4v) is 7.67. The van der Waals surface area contributed by atoms with Crippen LogP contribution in [0, 0.1) is 0 Å². The molecular weight excluding hydrogens is 636 g/mol. The monoisotopic (exact) mass is 667 g/mol. The number of aryl methyl sites for hydroxylation is 1. The molecule has 0 amide bonds. The minimum absolute atomic E-state index is 0.171. The Kier molecular flexibility index (Phi) is 7.96. The Morgan fingerprint density at radius 2 is 1.65 bits per heavy atom. The zero-order valence-electron chi connectivity index (χ0n) is 26.0. The van der Waals surface area contributed by atoms with Gasteiger partial charge >= 0.3 is 6.36 Å². The Balaban J connectivity index is 1.22. The van der Waals surface area contributed by atoms with Gasteiger partial charge in [0.25, 0.3) is 0 Å². The fraction of sp³-hybridized carbons (Fsp3) is 0.270. The van der Waals surface area contributed by atoms with Crippen molar-refractivity contribution in [3.05, 3.63) is 107 Å². The summed E-state index contributed by atoms with van der Waals surface area (Å²) < 4.78 is 48.3. The van der Waals surface area contributed by atoms with Crippen LogP contribution in [0.1, 0.15) is 40.4 Å². The van der Waals surface area contributed by atoms with Crippen molar-refractivity contribution in [2.75, 3.05) is 42.0 Å². The van der Waals surface area contributed by atoms with Crippen LogP contribution in [0.3, 0.4) is 0 Å². The molecule has 3 aliphatic heterocycles. The second-order valence-corrected chi connectivity index (χ2v) is 13.2. The molecule has 1 unspecified atom stereocenters. The predicted octanol–water partition coefficient (Wildman–Crippen LogP) is 8.31. The number of rotatable bonds is 6. The van der Waals surface area contributed by atoms with E-state index in [2.05, 4.69) is 52.6 Å². The van der Waals surface area contributed by atoms with Gasteiger partial charge in [0.2, 0.25) is 5.95 Å². The maximum Gasteiger partial charge on any atom is 0.573 e. The molecule has 0 aliphatic carbocycles. The lowest BCUT2D eigenvalue weighted by atomic mass is 9.95. The molecule has 48 heavy (non-hydrogen) atoms. The standard InChI is InChI=1S/C37H32F3N5O2S/c1-2-23-3-4-25-19-29(8-6-24(25)17-23)34-21-33(28-7-5-27-20-30(47-37(38,39)40)10-9-26(27)18-28)43-45(34)36-41-32-11-16-48-22-31(32)35(42-36)44-12-14-46-15-13-44/h2-10,17-20,34H,1,11-16,21-22H2. The molecule has 1 fully saturated rings. The van der Waals surface area contributed by atoms with E-state index in [1.165, 1.54) is 17.7 Å². The van der Waals surface area contributed by atoms with Crippen molar-refractivity contribution in [3.63, 3.8) is 0 Å². The van der Waals surface area contributed by atoms with Gasteiger partial charge in [-0.25, -0.2) is 9.99 Å². The van der Waals surface area contributed by atoms with E-state index in [1.807, 2.05) is 41.0 Å². The Bertz CT molecular complexity index is 2080. The summed E-state index contributed by atoms with van der Waals surface area (Å²) in [4.78, 5) is 12.7. The Hall–Kier alpha value is -4.61. The van der Waals surface area contributed by atoms with Crippen molar-refractivity contribution >= 4 is 56.9 Å². The van der Waals surface area contributed by atoms with Crippen LogP contribution in [0.15, 0.2) is 84.5 Å². The topological polar surface area (TPSA) is 63.1 Å². The van der Waals surface area contributed by atoms with E-state index >= 15 is 0 Å². The summed E-state index contributed by atoms with van der Waals surface area (Å²) in [6.07, 6.45) is -1.44. The molecule has 8 rings (SSSR count). The number of halogens is 3. The Labute approximate surface area is 280 Å². The number of aromatic nitrogens is 2. The highest BCUT2D eigenvalue weighted by molar-refractivity contribution is 7.98. The summed E-state index contributed by atoms with van der Waals surface area (Å²) >= 11 is 1.91. The van der Waals surface area contributed by atoms with E-state index in [9.17, 15) is 13.2 Å². The summed E-state index contributed by atoms with van der Waals surface area (Å²) in [6.45, 7) is 6.77. The Morgan fingerprint density at radius 3 is 2.48 bits per heavy atom. The van der Waals surface area contributed by atoms with Crippen molar-refractivity contribution in [2.24, 2.45) is 5.10 Å². The number of morpholine rings is 1. The first-order valence-corrected chi connectivity index (χ1v) is 17.1. The van der Waals surface area contributed by atoms with Crippen LogP contribution in [0.2, 0.25) is 0 Å². The highest BCUT2D eigenvalue weighted by atomic mass is 32.2. The van der Waals surface area contributed by atoms with Gasteiger partial charge in [0.15, 0.2) is 0 Å². The molecule has 4 aromatic carbocycles. The molecule has 5 aromatic rings. The summed E-state index contributed by atoms with van der Waals surface area (Å²) in [5.74, 6) is 3.17. The molecule has 0 saturated carbocycles. The summed E-state index contributed by atoms with van der Waals surface area (Å²) in [7, 11) is 0. The number of thioether (sulfide) groups is 1. The third kappa shape index (κ3) is 6.08. The van der Waals surface area contributed by atoms with Gasteiger partial charge in [-0.05, 0) is 80.7 Å². The van der Waals surface area contributed by atoms with Crippen LogP contribution in [0.25, 0.3) is 27.6 Å². The lowest BCUT2D eigenvalue weighted by Gasteiger charge is -2.32. The van der Waals surface area contributed by atoms with Crippen LogP contribution in [-0.4, -0.2) is 54.1 Å². The minimum Gasteiger partial charge on any atom is -0.406 e. The average Bonchev–Trinajstić information content (AvgIpc) is 3.56. The van der Waals surface area contributed by atoms with E-state index in [0.29, 0.717) is 31.0 Å². The first-order valence-electron chi connectivity index (χ1n) is 15.9. The molecule has 11 heteroatoms. The smallest absolute Gasteiger partial charge is 0.406 e. The van der Waals surface area contributed by atoms with Gasteiger partial charge in [0, 0.05) is 30.8 Å². The SMILES string of the molecule is C=Cc1ccc2cc(C3CC(c4ccc5cc(OC(F)(F)F)ccc5c4)=NN3c3nc4c(c(N5CCOCC5)n3)CSCC4)ccc2c1. The number of hydrogen-bond donors (Lipinski definition) is 0. The normalized spacial score (nSPS) is 18.2. The molecule has 3 aliphatic rings. The largest absolute Gasteiger partial charge is 0.573 e. The first kappa shape index (κ1) is 30.7. The van der Waals surface area contributed by atoms with Gasteiger partial charge in [0.05, 0.1) is 30.7 Å². The second kappa shape index (κ2) is 12.4. The van der Waals surface area contributed by atoms with Gasteiger partial charge < -0.3 is 14.4 Å². The Morgan fingerprint density at radius 1 is 0.896 bits per heavy atom. The lowest BCUT2D eigenvalue weighted by Crippen LogP contribution is -2.38. The zero-order chi connectivity index (χ0) is 32.8. The van der Waals surface area contributed by atoms with Gasteiger partial charge in [-0.3, -0.25) is 0 Å². The summed E-state index contributed by atoms with van der Waals surface area (Å²) in [5.41, 5.74) is 6.16. The van der Waals surface area contributed by atoms with E-state index in [0.717, 1.165) is 81.1 Å². The van der Waals surface area contributed by atoms with Gasteiger partial charge in [0.1, 0.15) is 11.6 Å². The first-order chi connectivity index (χ1) is 23.3. The van der Waals surface area contributed by atoms with Crippen LogP contribution < -0.4 is 14.6 Å². The van der Waals surface area contributed by atoms with Crippen molar-refractivity contribution < 1.29 is 22.6 Å². The second-order valence-electron chi connectivity index (χ2n) is 12.1. The number of hydrogen-bond acceptors (Lipinski definition) is 8. The van der Waals surface area contributed by atoms with Crippen molar-refractivity contribution in [3.8, 4) is 5.75 Å². The molecule has 7 nitrogen and oxygen atoms in total. The molecule has 1 saturated heterocycles. The molecule has 0 bridgehead atoms. The molecule has 244 valence electrons. The van der Waals surface area contributed by atoms with E-state index in [4.69, 9.17) is 19.8 Å². The van der Waals surface area contributed by atoms with Crippen molar-refractivity contribution in [2.45, 2.75) is 31.0 Å². The molecule has 4 heterocycles. The number of benzene rings is 4. The minimum atomic E-state index is -4.75. The number of alkyl halides is 3. The molecule has 1 atom stereocenters. The number of anilines is 2. The van der Waals surface area contributed by atoms with Crippen LogP contribution in [-0.2, 0) is 16.9 Å². The van der Waals surface area contributed by atoms with Crippen LogP contribution >= 0.6 is 11.8 Å². The number of ether oxygens (including phenoxy) is 2. The number of hydrazone groups is 1. The average molecular weight is 668 g/mol. The summed E-state index contributed by atoms with van der Waals surface area (Å²) in [5, 5.41) is 10.8. The van der Waals surface area contributed by atoms with Gasteiger partial charge in [-0.2, -0.15) is 21.8 Å². The molecular formula is C37H32F3N5O2S. The third-order valence-corrected chi connectivity index (χ3v) is 10.1. The summed E-state index contributed by atoms with van der Waals surface area (Å²) in [6, 6.07) is 22.7. The molecule has 0 N–H and O–H groups in total. The number of nitrogens with zero attached hydrogens (tertiary/aromatic N) is 5. The molecule has 0 spiro atoms. The maximum atomic E-state index is 12.8. The van der Waals surface area contributed by atoms with E-state index in [1.54, 1.807) is 6.07 Å². The van der Waals surface area contributed by atoms with E-state index in [-0.39, 0.29) is 11.8 Å². The zero-order valence-corrected chi connectivity index (χ0v) is 26.9. The van der Waals surface area contributed by atoms with E-state index < -0.39 is 6.36 Å². The van der Waals surface area contributed by atoms with Gasteiger partial charge in [-0.1, -0.05) is 55.1 Å². The van der Waals surface area contributed by atoms with Crippen LogP contribution in [0.4, 0.5) is 24.9 Å². The quantitative estimate of drug-likeness (QED) is 0.181. The maximum absolute atomic E-state index is 12.8. The predicted molar refractivity (Wildman–Crippen MR) is 186 cm³/mol. The fourth-order valence-electron chi connectivity index (χ4n) is 6.69. The van der Waals surface area contributed by atoms with Crippen molar-refractivity contribution in [1.29, 1.82) is 0 Å². The molecule has 1 aromatic heterocycles. The molecule has 0 radical (unpaired) electrons. The highest BCUT2D eigenvalue weighted by Gasteiger charge is 2.34.